The molecule has 0 bridgehead atoms. The average molecular weight is 577 g/mol. The van der Waals surface area contributed by atoms with E-state index in [1.807, 2.05) is 0 Å². The number of amides is 2. The van der Waals surface area contributed by atoms with E-state index in [4.69, 9.17) is 62.7 Å². The standard InChI is InChI=1S/C24H16Cl5FN2O3/c1-35-19-10-15(3-5-18(19)30)31-22(33)16-9-14(2-4-17(16)27)32-23(34)21-20(24(21,28)29)11-6-12(25)8-13(26)7-11/h2-10,20-21H,1H3,(H,31,33)(H,32,34)/t20-,21+/m0/s1. The summed E-state index contributed by atoms with van der Waals surface area (Å²) in [5.74, 6) is -2.91. The maximum absolute atomic E-state index is 13.6. The summed E-state index contributed by atoms with van der Waals surface area (Å²) >= 11 is 31.2. The van der Waals surface area contributed by atoms with Gasteiger partial charge in [0, 0.05) is 33.4 Å². The predicted molar refractivity (Wildman–Crippen MR) is 138 cm³/mol. The third kappa shape index (κ3) is 5.47. The number of halogens is 6. The van der Waals surface area contributed by atoms with E-state index in [2.05, 4.69) is 10.6 Å². The second kappa shape index (κ2) is 10.0. The third-order valence-corrected chi connectivity index (χ3v) is 7.17. The van der Waals surface area contributed by atoms with Crippen molar-refractivity contribution in [2.45, 2.75) is 10.3 Å². The highest BCUT2D eigenvalue weighted by molar-refractivity contribution is 6.53. The summed E-state index contributed by atoms with van der Waals surface area (Å²) in [4.78, 5) is 25.8. The fourth-order valence-corrected chi connectivity index (χ4v) is 5.33. The highest BCUT2D eigenvalue weighted by atomic mass is 35.5. The van der Waals surface area contributed by atoms with E-state index in [9.17, 15) is 14.0 Å². The van der Waals surface area contributed by atoms with Crippen molar-refractivity contribution in [1.82, 2.24) is 0 Å². The molecule has 182 valence electrons. The molecule has 35 heavy (non-hydrogen) atoms. The molecule has 0 aromatic heterocycles. The van der Waals surface area contributed by atoms with Gasteiger partial charge < -0.3 is 15.4 Å². The van der Waals surface area contributed by atoms with Gasteiger partial charge in [-0.2, -0.15) is 0 Å². The fourth-order valence-electron chi connectivity index (χ4n) is 3.76. The molecule has 1 saturated carbocycles. The van der Waals surface area contributed by atoms with Crippen molar-refractivity contribution in [1.29, 1.82) is 0 Å². The summed E-state index contributed by atoms with van der Waals surface area (Å²) in [7, 11) is 1.31. The van der Waals surface area contributed by atoms with Crippen LogP contribution in [0.5, 0.6) is 5.75 Å². The number of ether oxygens (including phenoxy) is 1. The van der Waals surface area contributed by atoms with Crippen molar-refractivity contribution in [2.75, 3.05) is 17.7 Å². The lowest BCUT2D eigenvalue weighted by Gasteiger charge is -2.11. The van der Waals surface area contributed by atoms with Crippen LogP contribution in [0, 0.1) is 11.7 Å². The monoisotopic (exact) mass is 574 g/mol. The minimum Gasteiger partial charge on any atom is -0.494 e. The molecule has 3 aromatic carbocycles. The predicted octanol–water partition coefficient (Wildman–Crippen LogP) is 7.57. The van der Waals surface area contributed by atoms with Crippen LogP contribution in [0.2, 0.25) is 15.1 Å². The first-order chi connectivity index (χ1) is 16.5. The molecule has 2 atom stereocenters. The van der Waals surface area contributed by atoms with Gasteiger partial charge in [-0.05, 0) is 54.1 Å². The van der Waals surface area contributed by atoms with Crippen LogP contribution >= 0.6 is 58.0 Å². The first kappa shape index (κ1) is 25.9. The summed E-state index contributed by atoms with van der Waals surface area (Å²) < 4.78 is 17.2. The van der Waals surface area contributed by atoms with E-state index in [1.54, 1.807) is 18.2 Å². The van der Waals surface area contributed by atoms with E-state index in [1.165, 1.54) is 37.4 Å². The zero-order valence-electron chi connectivity index (χ0n) is 17.8. The van der Waals surface area contributed by atoms with Gasteiger partial charge in [0.1, 0.15) is 4.33 Å². The summed E-state index contributed by atoms with van der Waals surface area (Å²) in [5.41, 5.74) is 1.33. The quantitative estimate of drug-likeness (QED) is 0.298. The Hall–Kier alpha value is -2.22. The average Bonchev–Trinajstić information content (AvgIpc) is 3.37. The van der Waals surface area contributed by atoms with E-state index in [0.29, 0.717) is 27.0 Å². The number of benzene rings is 3. The Balaban J connectivity index is 1.51. The molecular formula is C24H16Cl5FN2O3. The maximum Gasteiger partial charge on any atom is 0.257 e. The molecule has 0 saturated heterocycles. The van der Waals surface area contributed by atoms with Gasteiger partial charge in [0.15, 0.2) is 11.6 Å². The van der Waals surface area contributed by atoms with Crippen LogP contribution in [0.25, 0.3) is 0 Å². The van der Waals surface area contributed by atoms with Crippen LogP contribution in [0.1, 0.15) is 21.8 Å². The molecule has 0 radical (unpaired) electrons. The number of hydrogen-bond donors (Lipinski definition) is 2. The van der Waals surface area contributed by atoms with E-state index >= 15 is 0 Å². The van der Waals surface area contributed by atoms with E-state index in [-0.39, 0.29) is 16.3 Å². The SMILES string of the molecule is COc1cc(NC(=O)c2cc(NC(=O)[C@H]3[C@H](c4cc(Cl)cc(Cl)c4)C3(Cl)Cl)ccc2Cl)ccc1F. The molecule has 11 heteroatoms. The van der Waals surface area contributed by atoms with Crippen LogP contribution in [-0.4, -0.2) is 23.3 Å². The smallest absolute Gasteiger partial charge is 0.257 e. The molecule has 5 nitrogen and oxygen atoms in total. The van der Waals surface area contributed by atoms with Crippen LogP contribution in [0.15, 0.2) is 54.6 Å². The molecule has 1 aliphatic carbocycles. The van der Waals surface area contributed by atoms with Crippen LogP contribution < -0.4 is 15.4 Å². The van der Waals surface area contributed by atoms with Crippen LogP contribution in [-0.2, 0) is 4.79 Å². The Labute approximate surface area is 225 Å². The van der Waals surface area contributed by atoms with Gasteiger partial charge in [-0.15, -0.1) is 23.2 Å². The van der Waals surface area contributed by atoms with Gasteiger partial charge in [-0.1, -0.05) is 34.8 Å². The van der Waals surface area contributed by atoms with Crippen molar-refractivity contribution < 1.29 is 18.7 Å². The van der Waals surface area contributed by atoms with Gasteiger partial charge in [0.05, 0.1) is 23.6 Å². The van der Waals surface area contributed by atoms with Crippen LogP contribution in [0.4, 0.5) is 15.8 Å². The lowest BCUT2D eigenvalue weighted by Crippen LogP contribution is -2.18. The molecule has 4 rings (SSSR count). The van der Waals surface area contributed by atoms with Crippen molar-refractivity contribution >= 4 is 81.2 Å². The first-order valence-electron chi connectivity index (χ1n) is 10.1. The second-order valence-corrected chi connectivity index (χ2v) is 10.5. The molecule has 0 aliphatic heterocycles. The van der Waals surface area contributed by atoms with Gasteiger partial charge >= 0.3 is 0 Å². The summed E-state index contributed by atoms with van der Waals surface area (Å²) in [5, 5.41) is 6.28. The number of nitrogens with one attached hydrogen (secondary N) is 2. The van der Waals surface area contributed by atoms with Crippen molar-refractivity contribution in [3.8, 4) is 5.75 Å². The highest BCUT2D eigenvalue weighted by Crippen LogP contribution is 2.65. The van der Waals surface area contributed by atoms with Gasteiger partial charge in [0.2, 0.25) is 5.91 Å². The Kier molecular flexibility index (Phi) is 7.41. The zero-order valence-corrected chi connectivity index (χ0v) is 21.6. The summed E-state index contributed by atoms with van der Waals surface area (Å²) in [6.07, 6.45) is 0. The number of carbonyl (C=O) groups excluding carboxylic acids is 2. The number of rotatable bonds is 6. The molecule has 1 fully saturated rings. The number of hydrogen-bond acceptors (Lipinski definition) is 3. The molecular weight excluding hydrogens is 561 g/mol. The molecule has 1 aliphatic rings. The highest BCUT2D eigenvalue weighted by Gasteiger charge is 2.67. The molecule has 0 unspecified atom stereocenters. The van der Waals surface area contributed by atoms with E-state index in [0.717, 1.165) is 6.07 Å². The topological polar surface area (TPSA) is 67.4 Å². The van der Waals surface area contributed by atoms with E-state index < -0.39 is 33.8 Å². The number of alkyl halides is 2. The zero-order chi connectivity index (χ0) is 25.5. The van der Waals surface area contributed by atoms with Crippen molar-refractivity contribution in [3.63, 3.8) is 0 Å². The Morgan fingerprint density at radius 2 is 1.54 bits per heavy atom. The number of carbonyl (C=O) groups is 2. The Morgan fingerprint density at radius 3 is 2.20 bits per heavy atom. The maximum atomic E-state index is 13.6. The molecule has 0 spiro atoms. The minimum atomic E-state index is -1.35. The number of methoxy groups -OCH3 is 1. The number of anilines is 2. The van der Waals surface area contributed by atoms with Gasteiger partial charge in [-0.25, -0.2) is 4.39 Å². The van der Waals surface area contributed by atoms with Gasteiger partial charge in [0.25, 0.3) is 5.91 Å². The molecule has 2 amide bonds. The molecule has 3 aromatic rings. The van der Waals surface area contributed by atoms with Gasteiger partial charge in [-0.3, -0.25) is 9.59 Å². The summed E-state index contributed by atoms with van der Waals surface area (Å²) in [6, 6.07) is 13.2. The first-order valence-corrected chi connectivity index (χ1v) is 12.0. The normalized spacial score (nSPS) is 18.0. The Bertz CT molecular complexity index is 1310. The molecule has 0 heterocycles. The minimum absolute atomic E-state index is 0.0273. The lowest BCUT2D eigenvalue weighted by atomic mass is 10.1. The Morgan fingerprint density at radius 1 is 0.914 bits per heavy atom. The largest absolute Gasteiger partial charge is 0.494 e. The lowest BCUT2D eigenvalue weighted by molar-refractivity contribution is -0.117. The van der Waals surface area contributed by atoms with Crippen molar-refractivity contribution in [3.05, 3.63) is 86.6 Å². The fraction of sp³-hybridized carbons (Fsp3) is 0.167. The third-order valence-electron chi connectivity index (χ3n) is 5.47. The molecule has 2 N–H and O–H groups in total. The summed E-state index contributed by atoms with van der Waals surface area (Å²) in [6.45, 7) is 0. The van der Waals surface area contributed by atoms with Crippen LogP contribution in [0.3, 0.4) is 0 Å². The van der Waals surface area contributed by atoms with Crippen molar-refractivity contribution in [2.24, 2.45) is 5.92 Å². The second-order valence-electron chi connectivity index (χ2n) is 7.82.